The maximum atomic E-state index is 10.9. The fourth-order valence-corrected chi connectivity index (χ4v) is 1.65. The minimum Gasteiger partial charge on any atom is -0.360 e. The number of amides is 1. The van der Waals surface area contributed by atoms with Gasteiger partial charge >= 0.3 is 0 Å². The van der Waals surface area contributed by atoms with Crippen LogP contribution in [0.15, 0.2) is 24.4 Å². The lowest BCUT2D eigenvalue weighted by Crippen LogP contribution is -2.06. The molecule has 0 atom stereocenters. The molecule has 0 aliphatic rings. The first-order valence-electron chi connectivity index (χ1n) is 4.21. The predicted octanol–water partition coefficient (Wildman–Crippen LogP) is 2.78. The van der Waals surface area contributed by atoms with Crippen LogP contribution in [0.4, 0.5) is 5.69 Å². The summed E-state index contributed by atoms with van der Waals surface area (Å²) in [6.45, 7) is 1.45. The Kier molecular flexibility index (Phi) is 2.17. The molecule has 0 spiro atoms. The Morgan fingerprint density at radius 1 is 1.43 bits per heavy atom. The third-order valence-electron chi connectivity index (χ3n) is 1.98. The number of aromatic amines is 1. The van der Waals surface area contributed by atoms with Gasteiger partial charge in [-0.25, -0.2) is 0 Å². The monoisotopic (exact) mass is 208 g/mol. The summed E-state index contributed by atoms with van der Waals surface area (Å²) in [5.74, 6) is -0.127. The number of fused-ring (bicyclic) bond motifs is 1. The Morgan fingerprint density at radius 2 is 2.21 bits per heavy atom. The van der Waals surface area contributed by atoms with Gasteiger partial charge in [0.15, 0.2) is 0 Å². The summed E-state index contributed by atoms with van der Waals surface area (Å²) in [5, 5.41) is 4.24. The number of carbonyl (C=O) groups excluding carboxylic acids is 1. The van der Waals surface area contributed by atoms with Crippen LogP contribution in [0.3, 0.4) is 0 Å². The molecule has 1 aromatic heterocycles. The number of hydrogen-bond donors (Lipinski definition) is 2. The molecule has 0 radical (unpaired) electrons. The first-order chi connectivity index (χ1) is 6.68. The number of anilines is 1. The van der Waals surface area contributed by atoms with Gasteiger partial charge in [0.25, 0.3) is 0 Å². The highest BCUT2D eigenvalue weighted by Crippen LogP contribution is 2.29. The van der Waals surface area contributed by atoms with Gasteiger partial charge in [-0.3, -0.25) is 4.79 Å². The average Bonchev–Trinajstić information content (AvgIpc) is 2.57. The van der Waals surface area contributed by atoms with Crippen LogP contribution in [0, 0.1) is 0 Å². The van der Waals surface area contributed by atoms with Crippen molar-refractivity contribution in [2.45, 2.75) is 6.92 Å². The second-order valence-corrected chi connectivity index (χ2v) is 3.43. The van der Waals surface area contributed by atoms with Crippen molar-refractivity contribution < 1.29 is 4.79 Å². The number of benzene rings is 1. The van der Waals surface area contributed by atoms with Crippen LogP contribution in [0.1, 0.15) is 6.92 Å². The van der Waals surface area contributed by atoms with E-state index >= 15 is 0 Å². The van der Waals surface area contributed by atoms with Gasteiger partial charge in [-0.2, -0.15) is 0 Å². The number of carbonyl (C=O) groups is 1. The highest BCUT2D eigenvalue weighted by atomic mass is 35.5. The number of rotatable bonds is 1. The average molecular weight is 209 g/mol. The van der Waals surface area contributed by atoms with E-state index in [1.165, 1.54) is 6.92 Å². The number of H-pyrrole nitrogens is 1. The largest absolute Gasteiger partial charge is 0.360 e. The molecule has 2 aromatic rings. The molecule has 1 amide bonds. The Labute approximate surface area is 86.1 Å². The number of halogens is 1. The molecule has 2 N–H and O–H groups in total. The topological polar surface area (TPSA) is 44.9 Å². The molecule has 2 rings (SSSR count). The Balaban J connectivity index is 2.56. The van der Waals surface area contributed by atoms with Gasteiger partial charge in [0.1, 0.15) is 0 Å². The van der Waals surface area contributed by atoms with E-state index in [0.717, 1.165) is 10.9 Å². The molecule has 0 aliphatic carbocycles. The minimum absolute atomic E-state index is 0.127. The van der Waals surface area contributed by atoms with Crippen molar-refractivity contribution in [3.8, 4) is 0 Å². The zero-order valence-corrected chi connectivity index (χ0v) is 8.35. The summed E-state index contributed by atoms with van der Waals surface area (Å²) in [4.78, 5) is 13.9. The molecule has 72 valence electrons. The summed E-state index contributed by atoms with van der Waals surface area (Å²) >= 11 is 6.08. The van der Waals surface area contributed by atoms with Crippen LogP contribution < -0.4 is 5.32 Å². The lowest BCUT2D eigenvalue weighted by atomic mass is 10.2. The van der Waals surface area contributed by atoms with E-state index < -0.39 is 0 Å². The number of aromatic nitrogens is 1. The summed E-state index contributed by atoms with van der Waals surface area (Å²) in [5.41, 5.74) is 1.48. The van der Waals surface area contributed by atoms with E-state index in [2.05, 4.69) is 10.3 Å². The van der Waals surface area contributed by atoms with E-state index in [4.69, 9.17) is 11.6 Å². The highest BCUT2D eigenvalue weighted by Gasteiger charge is 2.06. The third-order valence-corrected chi connectivity index (χ3v) is 2.37. The van der Waals surface area contributed by atoms with Crippen molar-refractivity contribution in [2.24, 2.45) is 0 Å². The van der Waals surface area contributed by atoms with E-state index in [0.29, 0.717) is 10.7 Å². The van der Waals surface area contributed by atoms with Crippen molar-refractivity contribution in [1.82, 2.24) is 4.98 Å². The van der Waals surface area contributed by atoms with Crippen LogP contribution in [-0.2, 0) is 4.79 Å². The zero-order valence-electron chi connectivity index (χ0n) is 7.60. The molecule has 0 bridgehead atoms. The van der Waals surface area contributed by atoms with E-state index in [9.17, 15) is 4.79 Å². The van der Waals surface area contributed by atoms with Crippen molar-refractivity contribution >= 4 is 34.1 Å². The normalized spacial score (nSPS) is 10.4. The predicted molar refractivity (Wildman–Crippen MR) is 57.6 cm³/mol. The van der Waals surface area contributed by atoms with Crippen LogP contribution in [0.25, 0.3) is 10.9 Å². The summed E-state index contributed by atoms with van der Waals surface area (Å²) in [7, 11) is 0. The lowest BCUT2D eigenvalue weighted by molar-refractivity contribution is -0.114. The quantitative estimate of drug-likeness (QED) is 0.744. The Hall–Kier alpha value is -1.48. The maximum Gasteiger partial charge on any atom is 0.221 e. The van der Waals surface area contributed by atoms with Crippen molar-refractivity contribution in [3.63, 3.8) is 0 Å². The smallest absolute Gasteiger partial charge is 0.221 e. The molecule has 1 aromatic carbocycles. The second-order valence-electron chi connectivity index (χ2n) is 3.05. The highest BCUT2D eigenvalue weighted by molar-refractivity contribution is 6.38. The molecule has 0 unspecified atom stereocenters. The van der Waals surface area contributed by atoms with Crippen molar-refractivity contribution in [3.05, 3.63) is 29.4 Å². The Morgan fingerprint density at radius 3 is 2.93 bits per heavy atom. The van der Waals surface area contributed by atoms with Gasteiger partial charge < -0.3 is 10.3 Å². The SMILES string of the molecule is CC(=O)Nc1ccc2cc[nH]c2c1Cl. The lowest BCUT2D eigenvalue weighted by Gasteiger charge is -2.04. The number of nitrogens with one attached hydrogen (secondary N) is 2. The van der Waals surface area contributed by atoms with Gasteiger partial charge in [0, 0.05) is 18.5 Å². The molecule has 0 saturated carbocycles. The molecule has 14 heavy (non-hydrogen) atoms. The summed E-state index contributed by atoms with van der Waals surface area (Å²) in [6.07, 6.45) is 1.81. The zero-order chi connectivity index (χ0) is 10.1. The standard InChI is InChI=1S/C10H9ClN2O/c1-6(14)13-8-3-2-7-4-5-12-10(7)9(8)11/h2-5,12H,1H3,(H,13,14). The van der Waals surface area contributed by atoms with Gasteiger partial charge in [0.05, 0.1) is 16.2 Å². The van der Waals surface area contributed by atoms with Gasteiger partial charge in [-0.15, -0.1) is 0 Å². The van der Waals surface area contributed by atoms with E-state index in [-0.39, 0.29) is 5.91 Å². The van der Waals surface area contributed by atoms with Crippen LogP contribution in [0.5, 0.6) is 0 Å². The molecule has 4 heteroatoms. The van der Waals surface area contributed by atoms with Crippen LogP contribution in [-0.4, -0.2) is 10.9 Å². The van der Waals surface area contributed by atoms with Crippen LogP contribution in [0.2, 0.25) is 5.02 Å². The fraction of sp³-hybridized carbons (Fsp3) is 0.100. The second kappa shape index (κ2) is 3.35. The Bertz CT molecular complexity index is 490. The third kappa shape index (κ3) is 1.46. The maximum absolute atomic E-state index is 10.9. The molecular weight excluding hydrogens is 200 g/mol. The summed E-state index contributed by atoms with van der Waals surface area (Å²) < 4.78 is 0. The van der Waals surface area contributed by atoms with Gasteiger partial charge in [0.2, 0.25) is 5.91 Å². The molecule has 3 nitrogen and oxygen atoms in total. The molecule has 0 fully saturated rings. The van der Waals surface area contributed by atoms with Gasteiger partial charge in [-0.1, -0.05) is 17.7 Å². The van der Waals surface area contributed by atoms with Crippen LogP contribution >= 0.6 is 11.6 Å². The summed E-state index contributed by atoms with van der Waals surface area (Å²) in [6, 6.07) is 5.63. The van der Waals surface area contributed by atoms with E-state index in [1.54, 1.807) is 6.07 Å². The first-order valence-corrected chi connectivity index (χ1v) is 4.59. The van der Waals surface area contributed by atoms with E-state index in [1.807, 2.05) is 18.3 Å². The molecule has 0 aliphatic heterocycles. The van der Waals surface area contributed by atoms with Crippen molar-refractivity contribution in [1.29, 1.82) is 0 Å². The number of hydrogen-bond acceptors (Lipinski definition) is 1. The minimum atomic E-state index is -0.127. The van der Waals surface area contributed by atoms with Crippen molar-refractivity contribution in [2.75, 3.05) is 5.32 Å². The molecular formula is C10H9ClN2O. The first kappa shape index (κ1) is 9.09. The fourth-order valence-electron chi connectivity index (χ4n) is 1.38. The molecule has 0 saturated heterocycles. The molecule has 1 heterocycles. The van der Waals surface area contributed by atoms with Gasteiger partial charge in [-0.05, 0) is 12.1 Å².